The van der Waals surface area contributed by atoms with Crippen molar-refractivity contribution in [3.8, 4) is 0 Å². The molecule has 3 heterocycles. The Bertz CT molecular complexity index is 817. The van der Waals surface area contributed by atoms with Crippen LogP contribution < -0.4 is 5.56 Å². The predicted molar refractivity (Wildman–Crippen MR) is 81.9 cm³/mol. The lowest BCUT2D eigenvalue weighted by Crippen LogP contribution is -2.25. The first-order valence-corrected chi connectivity index (χ1v) is 7.12. The fraction of sp³-hybridized carbons (Fsp3) is 0.267. The van der Waals surface area contributed by atoms with Crippen molar-refractivity contribution < 1.29 is 0 Å². The van der Waals surface area contributed by atoms with E-state index < -0.39 is 0 Å². The van der Waals surface area contributed by atoms with Crippen LogP contribution in [0, 0.1) is 0 Å². The second kappa shape index (κ2) is 5.33. The molecule has 0 saturated heterocycles. The van der Waals surface area contributed by atoms with Crippen molar-refractivity contribution >= 4 is 17.2 Å². The first-order chi connectivity index (χ1) is 10.0. The second-order valence-corrected chi connectivity index (χ2v) is 5.60. The summed E-state index contributed by atoms with van der Waals surface area (Å²) in [5, 5.41) is 0.231. The van der Waals surface area contributed by atoms with E-state index in [1.54, 1.807) is 4.57 Å². The van der Waals surface area contributed by atoms with Crippen molar-refractivity contribution in [1.29, 1.82) is 0 Å². The number of hydrogen-bond donors (Lipinski definition) is 0. The van der Waals surface area contributed by atoms with E-state index in [1.807, 2.05) is 48.8 Å². The topological polar surface area (TPSA) is 52.2 Å². The third-order valence-corrected chi connectivity index (χ3v) is 3.45. The third kappa shape index (κ3) is 2.69. The number of pyridine rings is 1. The molecule has 0 N–H and O–H groups in total. The van der Waals surface area contributed by atoms with Gasteiger partial charge in [0.05, 0.1) is 12.2 Å². The number of aromatic nitrogens is 4. The van der Waals surface area contributed by atoms with Crippen LogP contribution in [0.2, 0.25) is 5.15 Å². The molecule has 0 atom stereocenters. The molecule has 108 valence electrons. The molecule has 0 radical (unpaired) electrons. The van der Waals surface area contributed by atoms with E-state index in [1.165, 1.54) is 6.07 Å². The molecule has 6 heteroatoms. The Morgan fingerprint density at radius 2 is 2.10 bits per heavy atom. The van der Waals surface area contributed by atoms with Crippen LogP contribution >= 0.6 is 11.6 Å². The Labute approximate surface area is 126 Å². The summed E-state index contributed by atoms with van der Waals surface area (Å²) in [6, 6.07) is 7.13. The molecule has 3 aromatic heterocycles. The van der Waals surface area contributed by atoms with Crippen molar-refractivity contribution in [3.05, 3.63) is 63.7 Å². The lowest BCUT2D eigenvalue weighted by atomic mass is 10.2. The number of fused-ring (bicyclic) bond motifs is 1. The van der Waals surface area contributed by atoms with E-state index in [4.69, 9.17) is 11.6 Å². The zero-order chi connectivity index (χ0) is 15.0. The van der Waals surface area contributed by atoms with Crippen LogP contribution in [0.3, 0.4) is 0 Å². The molecule has 0 aliphatic heterocycles. The van der Waals surface area contributed by atoms with Crippen molar-refractivity contribution in [2.45, 2.75) is 26.3 Å². The van der Waals surface area contributed by atoms with Crippen LogP contribution in [0.15, 0.2) is 41.5 Å². The van der Waals surface area contributed by atoms with E-state index in [0.717, 1.165) is 11.3 Å². The Balaban J connectivity index is 2.06. The third-order valence-electron chi connectivity index (χ3n) is 3.26. The Morgan fingerprint density at radius 1 is 1.29 bits per heavy atom. The minimum atomic E-state index is -0.157. The van der Waals surface area contributed by atoms with E-state index in [0.29, 0.717) is 12.4 Å². The lowest BCUT2D eigenvalue weighted by Gasteiger charge is -2.13. The monoisotopic (exact) mass is 302 g/mol. The van der Waals surface area contributed by atoms with Crippen LogP contribution in [0.25, 0.3) is 5.65 Å². The smallest absolute Gasteiger partial charge is 0.255 e. The second-order valence-electron chi connectivity index (χ2n) is 5.21. The Kier molecular flexibility index (Phi) is 3.51. The maximum Gasteiger partial charge on any atom is 0.255 e. The summed E-state index contributed by atoms with van der Waals surface area (Å²) in [6.07, 6.45) is 3.85. The minimum Gasteiger partial charge on any atom is -0.307 e. The zero-order valence-electron chi connectivity index (χ0n) is 11.8. The van der Waals surface area contributed by atoms with Gasteiger partial charge in [0, 0.05) is 24.4 Å². The fourth-order valence-electron chi connectivity index (χ4n) is 2.32. The van der Waals surface area contributed by atoms with Crippen molar-refractivity contribution in [2.75, 3.05) is 0 Å². The van der Waals surface area contributed by atoms with Gasteiger partial charge in [-0.15, -0.1) is 0 Å². The number of halogens is 1. The van der Waals surface area contributed by atoms with Gasteiger partial charge < -0.3 is 4.40 Å². The first kappa shape index (κ1) is 13.8. The maximum atomic E-state index is 12.2. The lowest BCUT2D eigenvalue weighted by molar-refractivity contribution is 0.619. The number of imidazole rings is 1. The van der Waals surface area contributed by atoms with Crippen molar-refractivity contribution in [3.63, 3.8) is 0 Å². The van der Waals surface area contributed by atoms with Gasteiger partial charge in [-0.25, -0.2) is 9.97 Å². The van der Waals surface area contributed by atoms with E-state index in [9.17, 15) is 4.79 Å². The molecule has 5 nitrogen and oxygen atoms in total. The molecular formula is C15H15ClN4O. The fourth-order valence-corrected chi connectivity index (χ4v) is 2.50. The van der Waals surface area contributed by atoms with Crippen LogP contribution in [-0.2, 0) is 6.54 Å². The number of nitrogens with zero attached hydrogens (tertiary/aromatic N) is 4. The van der Waals surface area contributed by atoms with E-state index in [-0.39, 0.29) is 16.6 Å². The van der Waals surface area contributed by atoms with Gasteiger partial charge in [0.1, 0.15) is 16.6 Å². The quantitative estimate of drug-likeness (QED) is 0.699. The van der Waals surface area contributed by atoms with Crippen LogP contribution in [-0.4, -0.2) is 18.9 Å². The molecule has 0 fully saturated rings. The van der Waals surface area contributed by atoms with E-state index >= 15 is 0 Å². The summed E-state index contributed by atoms with van der Waals surface area (Å²) >= 11 is 5.89. The molecule has 0 amide bonds. The average molecular weight is 303 g/mol. The molecule has 0 aliphatic rings. The standard InChI is InChI=1S/C15H15ClN4O/c1-10(2)15-18-12(16)7-14(21)20(15)9-11-8-19-6-4-3-5-13(19)17-11/h3-8,10H,9H2,1-2H3. The summed E-state index contributed by atoms with van der Waals surface area (Å²) in [4.78, 5) is 21.0. The van der Waals surface area contributed by atoms with Crippen LogP contribution in [0.1, 0.15) is 31.3 Å². The molecule has 0 aromatic carbocycles. The molecule has 0 unspecified atom stereocenters. The number of hydrogen-bond acceptors (Lipinski definition) is 3. The maximum absolute atomic E-state index is 12.2. The summed E-state index contributed by atoms with van der Waals surface area (Å²) in [5.41, 5.74) is 1.51. The Morgan fingerprint density at radius 3 is 2.81 bits per heavy atom. The SMILES string of the molecule is CC(C)c1nc(Cl)cc(=O)n1Cc1cn2ccccc2n1. The molecule has 21 heavy (non-hydrogen) atoms. The summed E-state index contributed by atoms with van der Waals surface area (Å²) in [5.74, 6) is 0.776. The molecule has 0 saturated carbocycles. The highest BCUT2D eigenvalue weighted by Crippen LogP contribution is 2.14. The van der Waals surface area contributed by atoms with Gasteiger partial charge in [-0.1, -0.05) is 31.5 Å². The van der Waals surface area contributed by atoms with Crippen molar-refractivity contribution in [2.24, 2.45) is 0 Å². The first-order valence-electron chi connectivity index (χ1n) is 6.74. The van der Waals surface area contributed by atoms with Gasteiger partial charge >= 0.3 is 0 Å². The van der Waals surface area contributed by atoms with Gasteiger partial charge in [-0.2, -0.15) is 0 Å². The van der Waals surface area contributed by atoms with Gasteiger partial charge in [-0.05, 0) is 12.1 Å². The van der Waals surface area contributed by atoms with Gasteiger partial charge in [0.15, 0.2) is 0 Å². The normalized spacial score (nSPS) is 11.4. The predicted octanol–water partition coefficient (Wildman–Crippen LogP) is 2.72. The summed E-state index contributed by atoms with van der Waals surface area (Å²) in [7, 11) is 0. The van der Waals surface area contributed by atoms with Gasteiger partial charge in [0.25, 0.3) is 5.56 Å². The van der Waals surface area contributed by atoms with Gasteiger partial charge in [0.2, 0.25) is 0 Å². The molecular weight excluding hydrogens is 288 g/mol. The van der Waals surface area contributed by atoms with E-state index in [2.05, 4.69) is 9.97 Å². The number of rotatable bonds is 3. The average Bonchev–Trinajstić information content (AvgIpc) is 2.83. The Hall–Kier alpha value is -2.14. The summed E-state index contributed by atoms with van der Waals surface area (Å²) < 4.78 is 3.55. The molecule has 0 bridgehead atoms. The highest BCUT2D eigenvalue weighted by molar-refractivity contribution is 6.29. The minimum absolute atomic E-state index is 0.105. The summed E-state index contributed by atoms with van der Waals surface area (Å²) in [6.45, 7) is 4.36. The van der Waals surface area contributed by atoms with Crippen LogP contribution in [0.5, 0.6) is 0 Å². The molecule has 3 rings (SSSR count). The van der Waals surface area contributed by atoms with Crippen molar-refractivity contribution in [1.82, 2.24) is 18.9 Å². The largest absolute Gasteiger partial charge is 0.307 e. The molecule has 0 spiro atoms. The highest BCUT2D eigenvalue weighted by atomic mass is 35.5. The molecule has 0 aliphatic carbocycles. The molecule has 3 aromatic rings. The zero-order valence-corrected chi connectivity index (χ0v) is 12.6. The van der Waals surface area contributed by atoms with Crippen LogP contribution in [0.4, 0.5) is 0 Å². The highest BCUT2D eigenvalue weighted by Gasteiger charge is 2.13. The van der Waals surface area contributed by atoms with Gasteiger partial charge in [-0.3, -0.25) is 9.36 Å².